The Kier molecular flexibility index (Phi) is 4.57. The summed E-state index contributed by atoms with van der Waals surface area (Å²) in [4.78, 5) is 0. The number of benzene rings is 1. The molecule has 16 heavy (non-hydrogen) atoms. The fraction of sp³-hybridized carbons (Fsp3) is 0. The normalized spacial score (nSPS) is 8.81. The molecule has 0 aliphatic heterocycles. The van der Waals surface area contributed by atoms with Crippen LogP contribution >= 0.6 is 39.1 Å². The van der Waals surface area contributed by atoms with E-state index < -0.39 is 0 Å². The fourth-order valence-electron chi connectivity index (χ4n) is 0.828. The van der Waals surface area contributed by atoms with E-state index in [1.807, 2.05) is 0 Å². The molecule has 0 fully saturated rings. The molecule has 0 aliphatic rings. The number of rotatable bonds is 2. The fourth-order valence-corrected chi connectivity index (χ4v) is 1.79. The molecule has 0 atom stereocenters. The first-order valence-corrected chi connectivity index (χ1v) is 5.42. The van der Waals surface area contributed by atoms with Gasteiger partial charge in [-0.15, -0.1) is 0 Å². The molecule has 0 aliphatic carbocycles. The Morgan fingerprint density at radius 2 is 1.94 bits per heavy atom. The van der Waals surface area contributed by atoms with Gasteiger partial charge in [0, 0.05) is 9.50 Å². The maximum atomic E-state index is 8.47. The summed E-state index contributed by atoms with van der Waals surface area (Å²) < 4.78 is 0.592. The summed E-state index contributed by atoms with van der Waals surface area (Å²) in [6, 6.07) is 6.37. The number of nitrogens with one attached hydrogen (secondary N) is 1. The van der Waals surface area contributed by atoms with Gasteiger partial charge in [-0.3, -0.25) is 5.43 Å². The number of anilines is 1. The first-order chi connectivity index (χ1) is 7.58. The van der Waals surface area contributed by atoms with E-state index in [9.17, 15) is 0 Å². The number of hydrazone groups is 1. The van der Waals surface area contributed by atoms with Crippen molar-refractivity contribution in [1.29, 1.82) is 10.5 Å². The molecule has 1 aromatic rings. The molecular formula is C9H3BrCl2N4. The lowest BCUT2D eigenvalue weighted by atomic mass is 10.3. The Hall–Kier alpha value is -1.27. The number of nitriles is 2. The van der Waals surface area contributed by atoms with Crippen LogP contribution in [0.25, 0.3) is 0 Å². The van der Waals surface area contributed by atoms with Gasteiger partial charge in [0.15, 0.2) is 0 Å². The minimum Gasteiger partial charge on any atom is -0.275 e. The zero-order valence-electron chi connectivity index (χ0n) is 7.63. The summed E-state index contributed by atoms with van der Waals surface area (Å²) in [7, 11) is 0. The Labute approximate surface area is 110 Å². The molecule has 0 heterocycles. The Morgan fingerprint density at radius 3 is 2.50 bits per heavy atom. The third-order valence-electron chi connectivity index (χ3n) is 1.49. The van der Waals surface area contributed by atoms with Gasteiger partial charge in [-0.25, -0.2) is 0 Å². The molecule has 0 bridgehead atoms. The monoisotopic (exact) mass is 316 g/mol. The largest absolute Gasteiger partial charge is 0.275 e. The van der Waals surface area contributed by atoms with Crippen molar-refractivity contribution in [3.8, 4) is 12.1 Å². The van der Waals surface area contributed by atoms with E-state index in [0.717, 1.165) is 0 Å². The van der Waals surface area contributed by atoms with Crippen molar-refractivity contribution in [2.75, 3.05) is 5.43 Å². The molecule has 0 aromatic heterocycles. The summed E-state index contributed by atoms with van der Waals surface area (Å²) in [5, 5.41) is 21.3. The zero-order chi connectivity index (χ0) is 12.1. The number of halogens is 3. The first kappa shape index (κ1) is 12.8. The van der Waals surface area contributed by atoms with E-state index in [1.165, 1.54) is 6.07 Å². The van der Waals surface area contributed by atoms with Crippen LogP contribution in [0, 0.1) is 22.7 Å². The van der Waals surface area contributed by atoms with E-state index in [4.69, 9.17) is 33.7 Å². The standard InChI is InChI=1S/C9H3BrCl2N4/c10-7-1-5(11)2-8(9(7)12)16-15-6(3-13)4-14/h1-2,16H. The van der Waals surface area contributed by atoms with Crippen molar-refractivity contribution in [3.05, 3.63) is 26.7 Å². The maximum absolute atomic E-state index is 8.47. The van der Waals surface area contributed by atoms with Crippen LogP contribution in [0.4, 0.5) is 5.69 Å². The molecule has 1 rings (SSSR count). The van der Waals surface area contributed by atoms with Gasteiger partial charge in [-0.1, -0.05) is 23.2 Å². The van der Waals surface area contributed by atoms with Gasteiger partial charge in [0.25, 0.3) is 0 Å². The molecule has 0 amide bonds. The molecular weight excluding hydrogens is 315 g/mol. The highest BCUT2D eigenvalue weighted by atomic mass is 79.9. The van der Waals surface area contributed by atoms with Crippen LogP contribution in [0.15, 0.2) is 21.7 Å². The second-order valence-electron chi connectivity index (χ2n) is 2.54. The second kappa shape index (κ2) is 5.72. The van der Waals surface area contributed by atoms with Gasteiger partial charge in [0.2, 0.25) is 5.71 Å². The minimum atomic E-state index is -0.299. The average Bonchev–Trinajstić information content (AvgIpc) is 2.26. The topological polar surface area (TPSA) is 72.0 Å². The predicted octanol–water partition coefficient (Wildman–Crippen LogP) is 3.57. The van der Waals surface area contributed by atoms with Crippen LogP contribution in [-0.2, 0) is 0 Å². The lowest BCUT2D eigenvalue weighted by Gasteiger charge is -2.05. The van der Waals surface area contributed by atoms with E-state index in [-0.39, 0.29) is 5.71 Å². The zero-order valence-corrected chi connectivity index (χ0v) is 10.7. The van der Waals surface area contributed by atoms with Crippen LogP contribution < -0.4 is 5.43 Å². The molecule has 0 radical (unpaired) electrons. The van der Waals surface area contributed by atoms with E-state index >= 15 is 0 Å². The third-order valence-corrected chi connectivity index (χ3v) is 2.97. The Balaban J connectivity index is 3.05. The minimum absolute atomic E-state index is 0.299. The molecule has 80 valence electrons. The molecule has 0 unspecified atom stereocenters. The van der Waals surface area contributed by atoms with Gasteiger partial charge in [-0.05, 0) is 28.1 Å². The quantitative estimate of drug-likeness (QED) is 0.515. The molecule has 1 aromatic carbocycles. The van der Waals surface area contributed by atoms with E-state index in [2.05, 4.69) is 26.5 Å². The number of hydrogen-bond donors (Lipinski definition) is 1. The lowest BCUT2D eigenvalue weighted by molar-refractivity contribution is 1.33. The van der Waals surface area contributed by atoms with Crippen LogP contribution in [-0.4, -0.2) is 5.71 Å². The van der Waals surface area contributed by atoms with Crippen LogP contribution in [0.2, 0.25) is 10.0 Å². The summed E-state index contributed by atoms with van der Waals surface area (Å²) in [6.45, 7) is 0. The van der Waals surface area contributed by atoms with Gasteiger partial charge < -0.3 is 0 Å². The highest BCUT2D eigenvalue weighted by Gasteiger charge is 2.06. The summed E-state index contributed by atoms with van der Waals surface area (Å²) in [6.07, 6.45) is 0. The first-order valence-electron chi connectivity index (χ1n) is 3.87. The Morgan fingerprint density at radius 1 is 1.31 bits per heavy atom. The molecule has 7 heteroatoms. The van der Waals surface area contributed by atoms with Crippen molar-refractivity contribution in [2.45, 2.75) is 0 Å². The van der Waals surface area contributed by atoms with Crippen molar-refractivity contribution >= 4 is 50.5 Å². The van der Waals surface area contributed by atoms with Gasteiger partial charge in [0.05, 0.1) is 10.7 Å². The van der Waals surface area contributed by atoms with Crippen molar-refractivity contribution in [1.82, 2.24) is 0 Å². The van der Waals surface area contributed by atoms with Crippen molar-refractivity contribution in [3.63, 3.8) is 0 Å². The average molecular weight is 318 g/mol. The predicted molar refractivity (Wildman–Crippen MR) is 66.4 cm³/mol. The summed E-state index contributed by atoms with van der Waals surface area (Å²) >= 11 is 14.9. The highest BCUT2D eigenvalue weighted by Crippen LogP contribution is 2.33. The Bertz CT molecular complexity index is 512. The number of hydrogen-bond acceptors (Lipinski definition) is 4. The van der Waals surface area contributed by atoms with Crippen molar-refractivity contribution < 1.29 is 0 Å². The van der Waals surface area contributed by atoms with Crippen molar-refractivity contribution in [2.24, 2.45) is 5.10 Å². The molecule has 0 spiro atoms. The van der Waals surface area contributed by atoms with Crippen LogP contribution in [0.1, 0.15) is 0 Å². The lowest BCUT2D eigenvalue weighted by Crippen LogP contribution is -1.97. The van der Waals surface area contributed by atoms with Crippen LogP contribution in [0.5, 0.6) is 0 Å². The SMILES string of the molecule is N#CC(C#N)=NNc1cc(Cl)cc(Br)c1Cl. The smallest absolute Gasteiger partial charge is 0.237 e. The van der Waals surface area contributed by atoms with Gasteiger partial charge >= 0.3 is 0 Å². The second-order valence-corrected chi connectivity index (χ2v) is 4.21. The van der Waals surface area contributed by atoms with Crippen LogP contribution in [0.3, 0.4) is 0 Å². The highest BCUT2D eigenvalue weighted by molar-refractivity contribution is 9.10. The molecule has 4 nitrogen and oxygen atoms in total. The van der Waals surface area contributed by atoms with Gasteiger partial charge in [0.1, 0.15) is 12.1 Å². The third kappa shape index (κ3) is 3.11. The maximum Gasteiger partial charge on any atom is 0.237 e. The van der Waals surface area contributed by atoms with E-state index in [1.54, 1.807) is 18.2 Å². The number of nitrogens with zero attached hydrogens (tertiary/aromatic N) is 3. The van der Waals surface area contributed by atoms with E-state index in [0.29, 0.717) is 20.2 Å². The van der Waals surface area contributed by atoms with Gasteiger partial charge in [-0.2, -0.15) is 15.6 Å². The molecule has 0 saturated carbocycles. The molecule has 1 N–H and O–H groups in total. The summed E-state index contributed by atoms with van der Waals surface area (Å²) in [5.74, 6) is 0. The molecule has 0 saturated heterocycles. The summed E-state index contributed by atoms with van der Waals surface area (Å²) in [5.41, 5.74) is 2.60.